The van der Waals surface area contributed by atoms with Gasteiger partial charge in [0.2, 0.25) is 5.79 Å². The number of esters is 2. The second kappa shape index (κ2) is 20.6. The quantitative estimate of drug-likeness (QED) is 0.248. The number of methoxy groups -OCH3 is 2. The van der Waals surface area contributed by atoms with E-state index in [0.29, 0.717) is 0 Å². The van der Waals surface area contributed by atoms with E-state index < -0.39 is 108 Å². The maximum Gasteiger partial charge on any atom is 0.408 e. The first-order valence-electron chi connectivity index (χ1n) is 22.8. The number of Topliss-reactive ketones (excluding diaryl/α,β-unsaturated/α-hetero) is 1. The Kier molecular flexibility index (Phi) is 16.8. The Labute approximate surface area is 374 Å². The molecule has 5 heterocycles. The highest BCUT2D eigenvalue weighted by Crippen LogP contribution is 2.43. The number of cyclic esters (lactones) is 1. The molecule has 0 saturated carbocycles. The highest BCUT2D eigenvalue weighted by Gasteiger charge is 2.58. The standard InChI is InChI=1S/C45H78N4O14/c1-17-32-44(10)36(46-41(53)62-44)26(4)34(51)24(2)23-43(9,54-15)37(61-40-33(47(12)13)31(22-25(3)56-40)49-20-18-48(14)19-21-49)27(5)35(28(6)39(52)59-32)60-42-57-29(7)38(58-30(8)50)45(11,55-16)63-42/h24-29,31-33,35-38,40,42H,17-23H2,1-16H3,(H,46,53)/t24-,25-,26+,27+,28-,29+,31-,32-,33+,35+,36-,37-,38+,40+,42+,43+,44-,45-/m1/s1. The summed E-state index contributed by atoms with van der Waals surface area (Å²) >= 11 is 0. The van der Waals surface area contributed by atoms with Gasteiger partial charge in [0.25, 0.3) is 6.48 Å². The van der Waals surface area contributed by atoms with Gasteiger partial charge in [-0.25, -0.2) is 4.79 Å². The van der Waals surface area contributed by atoms with E-state index in [1.54, 1.807) is 41.7 Å². The number of carbonyl (C=O) groups excluding carboxylic acids is 4. The second-order valence-corrected chi connectivity index (χ2v) is 19.6. The molecule has 0 aromatic carbocycles. The molecular formula is C45H78N4O14. The molecule has 63 heavy (non-hydrogen) atoms. The summed E-state index contributed by atoms with van der Waals surface area (Å²) < 4.78 is 63.7. The van der Waals surface area contributed by atoms with Crippen molar-refractivity contribution in [1.29, 1.82) is 0 Å². The van der Waals surface area contributed by atoms with E-state index in [4.69, 9.17) is 47.4 Å². The first-order chi connectivity index (χ1) is 29.4. The normalized spacial score (nSPS) is 45.2. The van der Waals surface area contributed by atoms with Crippen molar-refractivity contribution in [2.75, 3.05) is 61.5 Å². The fourth-order valence-electron chi connectivity index (χ4n) is 10.9. The van der Waals surface area contributed by atoms with Crippen LogP contribution in [0.25, 0.3) is 0 Å². The van der Waals surface area contributed by atoms with Gasteiger partial charge in [-0.2, -0.15) is 0 Å². The number of hydrogen-bond acceptors (Lipinski definition) is 17. The Balaban J connectivity index is 1.64. The summed E-state index contributed by atoms with van der Waals surface area (Å²) in [5.41, 5.74) is -2.59. The van der Waals surface area contributed by atoms with Crippen molar-refractivity contribution in [1.82, 2.24) is 20.0 Å². The number of amides is 1. The summed E-state index contributed by atoms with van der Waals surface area (Å²) in [5.74, 6) is -5.91. The van der Waals surface area contributed by atoms with Gasteiger partial charge in [-0.3, -0.25) is 24.0 Å². The lowest BCUT2D eigenvalue weighted by Crippen LogP contribution is -2.65. The van der Waals surface area contributed by atoms with Gasteiger partial charge in [0.05, 0.1) is 41.9 Å². The zero-order valence-electron chi connectivity index (χ0n) is 40.7. The number of rotatable bonds is 10. The van der Waals surface area contributed by atoms with Gasteiger partial charge in [0.15, 0.2) is 18.0 Å². The summed E-state index contributed by atoms with van der Waals surface area (Å²) in [6, 6.07) is -0.930. The van der Waals surface area contributed by atoms with Crippen molar-refractivity contribution >= 4 is 23.8 Å². The Morgan fingerprint density at radius 1 is 0.905 bits per heavy atom. The molecule has 0 spiro atoms. The molecule has 0 aromatic rings. The molecule has 5 saturated heterocycles. The third-order valence-corrected chi connectivity index (χ3v) is 14.6. The summed E-state index contributed by atoms with van der Waals surface area (Å²) in [6.45, 7) is 21.6. The van der Waals surface area contributed by atoms with Crippen LogP contribution in [0.5, 0.6) is 0 Å². The van der Waals surface area contributed by atoms with E-state index in [9.17, 15) is 19.2 Å². The lowest BCUT2D eigenvalue weighted by molar-refractivity contribution is -0.453. The number of nitrogens with zero attached hydrogens (tertiary/aromatic N) is 3. The van der Waals surface area contributed by atoms with Crippen LogP contribution in [0.4, 0.5) is 4.79 Å². The third-order valence-electron chi connectivity index (χ3n) is 14.6. The highest BCUT2D eigenvalue weighted by atomic mass is 16.9. The maximum absolute atomic E-state index is 14.7. The Bertz CT molecular complexity index is 1600. The monoisotopic (exact) mass is 899 g/mol. The van der Waals surface area contributed by atoms with Gasteiger partial charge in [0, 0.05) is 71.1 Å². The van der Waals surface area contributed by atoms with E-state index in [-0.39, 0.29) is 36.8 Å². The van der Waals surface area contributed by atoms with Crippen LogP contribution in [0, 0.1) is 23.7 Å². The fraction of sp³-hybridized carbons (Fsp3) is 0.911. The van der Waals surface area contributed by atoms with Crippen molar-refractivity contribution in [2.24, 2.45) is 23.7 Å². The molecule has 1 amide bonds. The fourth-order valence-corrected chi connectivity index (χ4v) is 10.9. The van der Waals surface area contributed by atoms with Gasteiger partial charge in [-0.05, 0) is 81.9 Å². The van der Waals surface area contributed by atoms with Crippen LogP contribution >= 0.6 is 0 Å². The van der Waals surface area contributed by atoms with Crippen LogP contribution in [0.1, 0.15) is 95.4 Å². The zero-order chi connectivity index (χ0) is 46.9. The number of carbonyl (C=O) groups is 4. The average Bonchev–Trinajstić information content (AvgIpc) is 3.54. The number of ether oxygens (including phenoxy) is 10. The van der Waals surface area contributed by atoms with Crippen molar-refractivity contribution in [3.05, 3.63) is 0 Å². The van der Waals surface area contributed by atoms with Crippen molar-refractivity contribution in [3.8, 4) is 0 Å². The number of nitrogens with one attached hydrogen (secondary N) is 1. The molecule has 0 aliphatic carbocycles. The number of hydrogen-bond donors (Lipinski definition) is 1. The maximum atomic E-state index is 14.7. The number of alkyl carbamates (subject to hydrolysis) is 1. The zero-order valence-corrected chi connectivity index (χ0v) is 40.7. The third kappa shape index (κ3) is 10.9. The van der Waals surface area contributed by atoms with Gasteiger partial charge in [-0.15, -0.1) is 0 Å². The molecule has 5 rings (SSSR count). The van der Waals surface area contributed by atoms with E-state index >= 15 is 0 Å². The second-order valence-electron chi connectivity index (χ2n) is 19.6. The van der Waals surface area contributed by atoms with Gasteiger partial charge in [0.1, 0.15) is 18.0 Å². The van der Waals surface area contributed by atoms with E-state index in [1.807, 2.05) is 41.8 Å². The first-order valence-corrected chi connectivity index (χ1v) is 22.8. The molecule has 5 fully saturated rings. The van der Waals surface area contributed by atoms with Crippen LogP contribution in [0.15, 0.2) is 0 Å². The van der Waals surface area contributed by atoms with E-state index in [1.165, 1.54) is 14.0 Å². The van der Waals surface area contributed by atoms with Crippen LogP contribution in [-0.2, 0) is 61.8 Å². The number of likely N-dealkylation sites (N-methyl/N-ethyl adjacent to an activating group) is 2. The summed E-state index contributed by atoms with van der Waals surface area (Å²) in [7, 11) is 9.21. The molecule has 1 N–H and O–H groups in total. The topological polar surface area (TPSA) is 182 Å². The largest absolute Gasteiger partial charge is 0.458 e. The Hall–Kier alpha value is -2.52. The van der Waals surface area contributed by atoms with Crippen molar-refractivity contribution < 1.29 is 66.5 Å². The van der Waals surface area contributed by atoms with Gasteiger partial charge < -0.3 is 57.7 Å². The van der Waals surface area contributed by atoms with E-state index in [0.717, 1.165) is 32.6 Å². The lowest BCUT2D eigenvalue weighted by Gasteiger charge is -2.52. The highest BCUT2D eigenvalue weighted by molar-refractivity contribution is 5.85. The minimum absolute atomic E-state index is 0.0962. The number of piperazine rings is 1. The molecule has 0 radical (unpaired) electrons. The molecule has 0 unspecified atom stereocenters. The van der Waals surface area contributed by atoms with Gasteiger partial charge in [-0.1, -0.05) is 27.7 Å². The Morgan fingerprint density at radius 2 is 1.56 bits per heavy atom. The molecular weight excluding hydrogens is 821 g/mol. The molecule has 0 bridgehead atoms. The van der Waals surface area contributed by atoms with E-state index in [2.05, 4.69) is 34.0 Å². The molecule has 18 atom stereocenters. The lowest BCUT2D eigenvalue weighted by atomic mass is 9.73. The van der Waals surface area contributed by atoms with Crippen LogP contribution < -0.4 is 5.32 Å². The summed E-state index contributed by atoms with van der Waals surface area (Å²) in [5, 5.41) is 2.86. The van der Waals surface area contributed by atoms with Crippen LogP contribution in [0.2, 0.25) is 0 Å². The van der Waals surface area contributed by atoms with Crippen molar-refractivity contribution in [2.45, 2.75) is 180 Å². The smallest absolute Gasteiger partial charge is 0.408 e. The van der Waals surface area contributed by atoms with Crippen LogP contribution in [0.3, 0.4) is 0 Å². The van der Waals surface area contributed by atoms with Crippen LogP contribution in [-0.4, -0.2) is 185 Å². The first kappa shape index (κ1) is 51.5. The molecule has 18 heteroatoms. The summed E-state index contributed by atoms with van der Waals surface area (Å²) in [6.07, 6.45) is -5.01. The number of fused-ring (bicyclic) bond motifs is 1. The van der Waals surface area contributed by atoms with Crippen molar-refractivity contribution in [3.63, 3.8) is 0 Å². The summed E-state index contributed by atoms with van der Waals surface area (Å²) in [4.78, 5) is 61.5. The molecule has 362 valence electrons. The minimum Gasteiger partial charge on any atom is -0.458 e. The molecule has 0 aromatic heterocycles. The predicted octanol–water partition coefficient (Wildman–Crippen LogP) is 3.56. The number of ketones is 1. The predicted molar refractivity (Wildman–Crippen MR) is 229 cm³/mol. The SMILES string of the molecule is CC[C@H]1OC(=O)[C@H](C)[C@@H](O[C@@H]2O[C@@H](C)[C@H](OC(C)=O)[C@](C)(OC)O2)[C@H](C)[C@@H](O[C@@H]2O[C@H](C)C[C@@H](N3CCN(C)CC3)[C@@H]2N(C)C)[C@@](C)(OC)C[C@@H](C)C(=O)[C@H](C)[C@H]2NC(=O)O[C@@]21C. The molecule has 5 aliphatic heterocycles. The Morgan fingerprint density at radius 3 is 2.13 bits per heavy atom. The van der Waals surface area contributed by atoms with Gasteiger partial charge >= 0.3 is 18.0 Å². The molecule has 18 nitrogen and oxygen atoms in total. The molecule has 5 aliphatic rings. The minimum atomic E-state index is -1.51. The average molecular weight is 899 g/mol.